The Balaban J connectivity index is 1.21. The molecular formula is C35H37FN8O3. The Morgan fingerprint density at radius 3 is 2.60 bits per heavy atom. The summed E-state index contributed by atoms with van der Waals surface area (Å²) in [5.41, 5.74) is 2.26. The predicted molar refractivity (Wildman–Crippen MR) is 179 cm³/mol. The Bertz CT molecular complexity index is 2120. The molecular weight excluding hydrogens is 599 g/mol. The van der Waals surface area contributed by atoms with E-state index in [1.807, 2.05) is 39.1 Å². The van der Waals surface area contributed by atoms with Crippen LogP contribution in [0.25, 0.3) is 27.7 Å². The van der Waals surface area contributed by atoms with Crippen molar-refractivity contribution in [2.75, 3.05) is 18.4 Å². The fourth-order valence-electron chi connectivity index (χ4n) is 6.65. The minimum absolute atomic E-state index is 0.0859. The second-order valence-electron chi connectivity index (χ2n) is 13.5. The molecule has 5 aromatic rings. The van der Waals surface area contributed by atoms with Crippen LogP contribution in [0, 0.1) is 5.82 Å². The Morgan fingerprint density at radius 1 is 1.09 bits per heavy atom. The molecule has 0 amide bonds. The zero-order valence-corrected chi connectivity index (χ0v) is 26.8. The van der Waals surface area contributed by atoms with E-state index in [0.29, 0.717) is 40.1 Å². The van der Waals surface area contributed by atoms with E-state index in [2.05, 4.69) is 30.7 Å². The summed E-state index contributed by atoms with van der Waals surface area (Å²) in [5, 5.41) is 26.3. The van der Waals surface area contributed by atoms with Gasteiger partial charge in [0.2, 0.25) is 0 Å². The fraction of sp³-hybridized carbons (Fsp3) is 0.343. The van der Waals surface area contributed by atoms with Gasteiger partial charge in [-0.2, -0.15) is 14.9 Å². The molecule has 2 aromatic carbocycles. The van der Waals surface area contributed by atoms with Gasteiger partial charge in [-0.15, -0.1) is 0 Å². The van der Waals surface area contributed by atoms with Crippen molar-refractivity contribution in [1.29, 1.82) is 0 Å². The second-order valence-corrected chi connectivity index (χ2v) is 13.5. The maximum Gasteiger partial charge on any atom is 0.290 e. The van der Waals surface area contributed by atoms with Crippen LogP contribution in [0.15, 0.2) is 70.5 Å². The number of aliphatic hydroxyl groups is 1. The van der Waals surface area contributed by atoms with Crippen LogP contribution in [0.5, 0.6) is 0 Å². The Morgan fingerprint density at radius 2 is 1.91 bits per heavy atom. The third-order valence-corrected chi connectivity index (χ3v) is 9.23. The van der Waals surface area contributed by atoms with Crippen LogP contribution in [0.4, 0.5) is 15.9 Å². The van der Waals surface area contributed by atoms with E-state index in [-0.39, 0.29) is 27.7 Å². The van der Waals surface area contributed by atoms with E-state index in [4.69, 9.17) is 0 Å². The normalized spacial score (nSPS) is 17.9. The van der Waals surface area contributed by atoms with Gasteiger partial charge in [0.25, 0.3) is 11.1 Å². The zero-order chi connectivity index (χ0) is 33.0. The molecule has 2 bridgehead atoms. The van der Waals surface area contributed by atoms with E-state index in [1.54, 1.807) is 37.4 Å². The lowest BCUT2D eigenvalue weighted by atomic mass is 9.86. The molecule has 7 rings (SSSR count). The number of nitrogens with one attached hydrogen (secondary N) is 2. The van der Waals surface area contributed by atoms with Crippen LogP contribution >= 0.6 is 0 Å². The highest BCUT2D eigenvalue weighted by atomic mass is 19.1. The number of rotatable bonds is 7. The number of aliphatic hydroxyl groups excluding tert-OH is 1. The van der Waals surface area contributed by atoms with Crippen LogP contribution in [0.2, 0.25) is 0 Å². The summed E-state index contributed by atoms with van der Waals surface area (Å²) in [7, 11) is 1.54. The van der Waals surface area contributed by atoms with Crippen LogP contribution in [0.3, 0.4) is 0 Å². The van der Waals surface area contributed by atoms with Gasteiger partial charge in [0.15, 0.2) is 0 Å². The van der Waals surface area contributed by atoms with Crippen molar-refractivity contribution in [3.8, 4) is 16.9 Å². The average molecular weight is 637 g/mol. The highest BCUT2D eigenvalue weighted by molar-refractivity contribution is 5.83. The molecule has 2 aliphatic rings. The minimum Gasteiger partial charge on any atom is -0.392 e. The summed E-state index contributed by atoms with van der Waals surface area (Å²) in [4.78, 5) is 33.8. The molecule has 2 atom stereocenters. The Kier molecular flexibility index (Phi) is 7.74. The number of halogens is 1. The lowest BCUT2D eigenvalue weighted by Crippen LogP contribution is -2.42. The van der Waals surface area contributed by atoms with Gasteiger partial charge < -0.3 is 15.7 Å². The Hall–Kier alpha value is -4.78. The number of nitrogens with zero attached hydrogens (tertiary/aromatic N) is 6. The number of piperazine rings is 1. The summed E-state index contributed by atoms with van der Waals surface area (Å²) in [6.45, 7) is 8.35. The number of aryl methyl sites for hydroxylation is 1. The monoisotopic (exact) mass is 636 g/mol. The molecule has 3 aromatic heterocycles. The van der Waals surface area contributed by atoms with Gasteiger partial charge in [-0.05, 0) is 53.3 Å². The molecule has 0 aliphatic carbocycles. The van der Waals surface area contributed by atoms with Gasteiger partial charge in [-0.25, -0.2) is 14.1 Å². The maximum atomic E-state index is 15.4. The number of likely N-dealkylation sites (tertiary alicyclic amines) is 1. The first kappa shape index (κ1) is 30.9. The van der Waals surface area contributed by atoms with Crippen molar-refractivity contribution in [3.05, 3.63) is 104 Å². The first-order valence-electron chi connectivity index (χ1n) is 15.7. The molecule has 2 saturated heterocycles. The number of aromatic nitrogens is 5. The van der Waals surface area contributed by atoms with E-state index < -0.39 is 18.0 Å². The molecule has 0 spiro atoms. The van der Waals surface area contributed by atoms with E-state index in [9.17, 15) is 14.7 Å². The van der Waals surface area contributed by atoms with Crippen molar-refractivity contribution < 1.29 is 9.50 Å². The molecule has 47 heavy (non-hydrogen) atoms. The number of hydrogen-bond acceptors (Lipinski definition) is 9. The fourth-order valence-corrected chi connectivity index (χ4v) is 6.65. The number of fused-ring (bicyclic) bond motifs is 3. The number of benzene rings is 2. The largest absolute Gasteiger partial charge is 0.392 e. The zero-order valence-electron chi connectivity index (χ0n) is 26.8. The minimum atomic E-state index is -0.647. The standard InChI is InChI=1S/C35H37FN8O3/c1-35(2,3)22-10-21-15-39-44(34(47)32(21)27(36)11-22)30-7-5-6-25(26(30)19-45)28-13-29(33(46)42(4)41-28)40-31-9-8-20(14-38-31)17-43-18-23-12-24(43)16-37-23/h5-11,13-15,23-24,37,45H,12,16-19H2,1-4H3,(H,38,40)/t23-,24-/m0/s1. The molecule has 0 saturated carbocycles. The van der Waals surface area contributed by atoms with E-state index in [1.165, 1.54) is 23.4 Å². The summed E-state index contributed by atoms with van der Waals surface area (Å²) < 4.78 is 17.7. The Labute approximate surface area is 270 Å². The van der Waals surface area contributed by atoms with Gasteiger partial charge in [0.1, 0.15) is 17.3 Å². The quantitative estimate of drug-likeness (QED) is 0.245. The predicted octanol–water partition coefficient (Wildman–Crippen LogP) is 3.76. The van der Waals surface area contributed by atoms with Gasteiger partial charge in [-0.3, -0.25) is 14.5 Å². The smallest absolute Gasteiger partial charge is 0.290 e. The summed E-state index contributed by atoms with van der Waals surface area (Å²) in [6, 6.07) is 14.8. The molecule has 2 aliphatic heterocycles. The molecule has 0 radical (unpaired) electrons. The summed E-state index contributed by atoms with van der Waals surface area (Å²) >= 11 is 0. The molecule has 2 fully saturated rings. The van der Waals surface area contributed by atoms with Crippen molar-refractivity contribution >= 4 is 22.3 Å². The SMILES string of the molecule is Cn1nc(-c2cccc(-n3ncc4cc(C(C)(C)C)cc(F)c4c3=O)c2CO)cc(Nc2ccc(CN3C[C@@H]4C[C@H]3CN4)cn2)c1=O. The molecule has 11 nitrogen and oxygen atoms in total. The highest BCUT2D eigenvalue weighted by Crippen LogP contribution is 2.30. The third-order valence-electron chi connectivity index (χ3n) is 9.23. The van der Waals surface area contributed by atoms with Gasteiger partial charge >= 0.3 is 0 Å². The van der Waals surface area contributed by atoms with Gasteiger partial charge in [0, 0.05) is 61.5 Å². The van der Waals surface area contributed by atoms with Crippen molar-refractivity contribution in [2.45, 2.75) is 57.8 Å². The summed E-state index contributed by atoms with van der Waals surface area (Å²) in [5.74, 6) is -0.125. The number of hydrogen-bond donors (Lipinski definition) is 3. The first-order valence-corrected chi connectivity index (χ1v) is 15.7. The average Bonchev–Trinajstić information content (AvgIpc) is 3.67. The maximum absolute atomic E-state index is 15.4. The molecule has 0 unspecified atom stereocenters. The summed E-state index contributed by atoms with van der Waals surface area (Å²) in [6.07, 6.45) is 4.47. The lowest BCUT2D eigenvalue weighted by molar-refractivity contribution is 0.217. The number of anilines is 2. The number of pyridine rings is 1. The first-order chi connectivity index (χ1) is 22.5. The van der Waals surface area contributed by atoms with Crippen LogP contribution in [-0.4, -0.2) is 59.7 Å². The highest BCUT2D eigenvalue weighted by Gasteiger charge is 2.37. The van der Waals surface area contributed by atoms with Gasteiger partial charge in [0.05, 0.1) is 29.6 Å². The topological polar surface area (TPSA) is 130 Å². The van der Waals surface area contributed by atoms with Crippen LogP contribution in [0.1, 0.15) is 43.9 Å². The van der Waals surface area contributed by atoms with Crippen molar-refractivity contribution in [2.24, 2.45) is 7.05 Å². The molecule has 5 heterocycles. The van der Waals surface area contributed by atoms with E-state index >= 15 is 4.39 Å². The second kappa shape index (κ2) is 11.8. The van der Waals surface area contributed by atoms with Crippen molar-refractivity contribution in [1.82, 2.24) is 34.8 Å². The molecule has 12 heteroatoms. The van der Waals surface area contributed by atoms with Crippen LogP contribution < -0.4 is 21.8 Å². The third kappa shape index (κ3) is 5.73. The van der Waals surface area contributed by atoms with Gasteiger partial charge in [-0.1, -0.05) is 39.0 Å². The molecule has 242 valence electrons. The van der Waals surface area contributed by atoms with E-state index in [0.717, 1.165) is 35.4 Å². The van der Waals surface area contributed by atoms with Crippen molar-refractivity contribution in [3.63, 3.8) is 0 Å². The lowest BCUT2D eigenvalue weighted by Gasteiger charge is -2.27. The molecule has 3 N–H and O–H groups in total. The van der Waals surface area contributed by atoms with Crippen LogP contribution in [-0.2, 0) is 25.6 Å².